The molecule has 0 atom stereocenters. The zero-order chi connectivity index (χ0) is 29.6. The first-order valence-electron chi connectivity index (χ1n) is 18.3. The van der Waals surface area contributed by atoms with Gasteiger partial charge < -0.3 is 0 Å². The Morgan fingerprint density at radius 2 is 0.610 bits per heavy atom. The largest absolute Gasteiger partial charge is 0.294 e. The van der Waals surface area contributed by atoms with E-state index in [1.807, 2.05) is 10.8 Å². The molecule has 0 saturated carbocycles. The lowest BCUT2D eigenvalue weighted by molar-refractivity contribution is 0.0947. The van der Waals surface area contributed by atoms with Crippen molar-refractivity contribution in [2.24, 2.45) is 0 Å². The fourth-order valence-electron chi connectivity index (χ4n) is 5.96. The van der Waals surface area contributed by atoms with E-state index in [0.717, 1.165) is 25.7 Å². The molecule has 1 aromatic rings. The van der Waals surface area contributed by atoms with E-state index in [9.17, 15) is 9.59 Å². The van der Waals surface area contributed by atoms with Gasteiger partial charge in [0.1, 0.15) is 0 Å². The number of ketones is 2. The molecule has 1 aromatic heterocycles. The summed E-state index contributed by atoms with van der Waals surface area (Å²) in [6.07, 6.45) is 38.3. The first kappa shape index (κ1) is 38.1. The summed E-state index contributed by atoms with van der Waals surface area (Å²) < 4.78 is 0. The SMILES string of the molecule is CCCCCCCCCCCCCCCCC(=O)c1cscc1C(=O)CCCCCCCCCCCCCCCC. The van der Waals surface area contributed by atoms with E-state index in [0.29, 0.717) is 24.0 Å². The average Bonchev–Trinajstić information content (AvgIpc) is 3.48. The van der Waals surface area contributed by atoms with Gasteiger partial charge in [0, 0.05) is 34.7 Å². The molecule has 0 aliphatic rings. The predicted molar refractivity (Wildman–Crippen MR) is 183 cm³/mol. The van der Waals surface area contributed by atoms with Crippen molar-refractivity contribution >= 4 is 22.9 Å². The molecule has 41 heavy (non-hydrogen) atoms. The Kier molecular flexibility index (Phi) is 27.0. The van der Waals surface area contributed by atoms with Gasteiger partial charge in [-0.15, -0.1) is 0 Å². The topological polar surface area (TPSA) is 34.1 Å². The van der Waals surface area contributed by atoms with Crippen molar-refractivity contribution in [1.29, 1.82) is 0 Å². The number of hydrogen-bond acceptors (Lipinski definition) is 3. The summed E-state index contributed by atoms with van der Waals surface area (Å²) in [5.74, 6) is 0.351. The van der Waals surface area contributed by atoms with E-state index >= 15 is 0 Å². The lowest BCUT2D eigenvalue weighted by Crippen LogP contribution is -2.06. The molecule has 0 bridgehead atoms. The van der Waals surface area contributed by atoms with Crippen molar-refractivity contribution in [2.75, 3.05) is 0 Å². The van der Waals surface area contributed by atoms with Gasteiger partial charge in [0.2, 0.25) is 0 Å². The van der Waals surface area contributed by atoms with Crippen LogP contribution in [-0.4, -0.2) is 11.6 Å². The number of thiophene rings is 1. The van der Waals surface area contributed by atoms with Gasteiger partial charge in [-0.25, -0.2) is 0 Å². The molecule has 0 aliphatic carbocycles. The maximum Gasteiger partial charge on any atom is 0.164 e. The van der Waals surface area contributed by atoms with Gasteiger partial charge in [-0.2, -0.15) is 11.3 Å². The third kappa shape index (κ3) is 22.3. The van der Waals surface area contributed by atoms with Crippen LogP contribution >= 0.6 is 11.3 Å². The molecule has 3 heteroatoms. The van der Waals surface area contributed by atoms with Crippen LogP contribution in [0.3, 0.4) is 0 Å². The highest BCUT2D eigenvalue weighted by molar-refractivity contribution is 7.08. The molecule has 0 amide bonds. The quantitative estimate of drug-likeness (QED) is 0.0619. The van der Waals surface area contributed by atoms with Gasteiger partial charge in [-0.3, -0.25) is 9.59 Å². The second-order valence-electron chi connectivity index (χ2n) is 12.7. The molecule has 0 spiro atoms. The maximum absolute atomic E-state index is 12.8. The van der Waals surface area contributed by atoms with Gasteiger partial charge in [-0.05, 0) is 12.8 Å². The molecular weight excluding hydrogens is 520 g/mol. The Labute approximate surface area is 260 Å². The number of carbonyl (C=O) groups excluding carboxylic acids is 2. The molecule has 1 heterocycles. The summed E-state index contributed by atoms with van der Waals surface area (Å²) in [6, 6.07) is 0. The third-order valence-corrected chi connectivity index (χ3v) is 9.52. The van der Waals surface area contributed by atoms with Crippen LogP contribution in [0.2, 0.25) is 0 Å². The minimum atomic E-state index is 0.175. The molecule has 238 valence electrons. The minimum absolute atomic E-state index is 0.175. The lowest BCUT2D eigenvalue weighted by Gasteiger charge is -2.05. The van der Waals surface area contributed by atoms with Crippen LogP contribution in [0.15, 0.2) is 10.8 Å². The second kappa shape index (κ2) is 29.1. The van der Waals surface area contributed by atoms with Crippen LogP contribution < -0.4 is 0 Å². The highest BCUT2D eigenvalue weighted by Crippen LogP contribution is 2.22. The number of rotatable bonds is 32. The van der Waals surface area contributed by atoms with E-state index in [4.69, 9.17) is 0 Å². The van der Waals surface area contributed by atoms with Crippen molar-refractivity contribution in [3.63, 3.8) is 0 Å². The Morgan fingerprint density at radius 3 is 0.854 bits per heavy atom. The summed E-state index contributed by atoms with van der Waals surface area (Å²) in [5, 5.41) is 3.81. The molecule has 0 fully saturated rings. The summed E-state index contributed by atoms with van der Waals surface area (Å²) >= 11 is 1.51. The van der Waals surface area contributed by atoms with Crippen LogP contribution in [0.1, 0.15) is 227 Å². The van der Waals surface area contributed by atoms with Gasteiger partial charge in [0.05, 0.1) is 0 Å². The van der Waals surface area contributed by atoms with Gasteiger partial charge in [0.25, 0.3) is 0 Å². The standard InChI is InChI=1S/C38H68O2S/c1-3-5-7-9-11-13-15-17-19-21-23-25-27-29-31-37(39)35-33-41-34-36(35)38(40)32-30-28-26-24-22-20-18-16-14-12-10-8-6-4-2/h33-34H,3-32H2,1-2H3. The van der Waals surface area contributed by atoms with Crippen LogP contribution in [0, 0.1) is 0 Å². The lowest BCUT2D eigenvalue weighted by atomic mass is 9.98. The molecule has 0 aromatic carbocycles. The van der Waals surface area contributed by atoms with Crippen molar-refractivity contribution in [3.05, 3.63) is 21.9 Å². The average molecular weight is 589 g/mol. The van der Waals surface area contributed by atoms with Crippen LogP contribution in [0.25, 0.3) is 0 Å². The normalized spacial score (nSPS) is 11.4. The summed E-state index contributed by atoms with van der Waals surface area (Å²) in [5.41, 5.74) is 1.39. The van der Waals surface area contributed by atoms with E-state index in [1.54, 1.807) is 0 Å². The molecule has 0 radical (unpaired) electrons. The molecular formula is C38H68O2S. The third-order valence-electron chi connectivity index (χ3n) is 8.78. The molecule has 1 rings (SSSR count). The van der Waals surface area contributed by atoms with E-state index in [1.165, 1.54) is 165 Å². The molecule has 2 nitrogen and oxygen atoms in total. The van der Waals surface area contributed by atoms with Crippen molar-refractivity contribution in [1.82, 2.24) is 0 Å². The summed E-state index contributed by atoms with van der Waals surface area (Å²) in [6.45, 7) is 4.56. The molecule has 0 N–H and O–H groups in total. The highest BCUT2D eigenvalue weighted by Gasteiger charge is 2.17. The fraction of sp³-hybridized carbons (Fsp3) is 0.842. The smallest absolute Gasteiger partial charge is 0.164 e. The maximum atomic E-state index is 12.8. The molecule has 0 aliphatic heterocycles. The van der Waals surface area contributed by atoms with E-state index in [2.05, 4.69) is 13.8 Å². The van der Waals surface area contributed by atoms with Gasteiger partial charge >= 0.3 is 0 Å². The van der Waals surface area contributed by atoms with Crippen LogP contribution in [0.4, 0.5) is 0 Å². The van der Waals surface area contributed by atoms with Crippen molar-refractivity contribution < 1.29 is 9.59 Å². The number of unbranched alkanes of at least 4 members (excludes halogenated alkanes) is 26. The monoisotopic (exact) mass is 588 g/mol. The number of hydrogen-bond donors (Lipinski definition) is 0. The first-order valence-corrected chi connectivity index (χ1v) is 19.3. The second-order valence-corrected chi connectivity index (χ2v) is 13.5. The van der Waals surface area contributed by atoms with Gasteiger partial charge in [0.15, 0.2) is 11.6 Å². The number of carbonyl (C=O) groups is 2. The van der Waals surface area contributed by atoms with Gasteiger partial charge in [-0.1, -0.05) is 181 Å². The zero-order valence-electron chi connectivity index (χ0n) is 27.6. The predicted octanol–water partition coefficient (Wildman–Crippen LogP) is 13.9. The Balaban J connectivity index is 1.99. The van der Waals surface area contributed by atoms with Crippen LogP contribution in [-0.2, 0) is 0 Å². The van der Waals surface area contributed by atoms with Crippen molar-refractivity contribution in [3.8, 4) is 0 Å². The molecule has 0 saturated heterocycles. The van der Waals surface area contributed by atoms with Crippen LogP contribution in [0.5, 0.6) is 0 Å². The highest BCUT2D eigenvalue weighted by atomic mass is 32.1. The summed E-state index contributed by atoms with van der Waals surface area (Å²) in [7, 11) is 0. The molecule has 0 unspecified atom stereocenters. The number of Topliss-reactive ketones (excluding diaryl/α,β-unsaturated/α-hetero) is 2. The Morgan fingerprint density at radius 1 is 0.390 bits per heavy atom. The minimum Gasteiger partial charge on any atom is -0.294 e. The first-order chi connectivity index (χ1) is 20.2. The fourth-order valence-corrected chi connectivity index (χ4v) is 6.82. The Bertz CT molecular complexity index is 663. The zero-order valence-corrected chi connectivity index (χ0v) is 28.4. The van der Waals surface area contributed by atoms with E-state index in [-0.39, 0.29) is 11.6 Å². The Hall–Kier alpha value is -0.960. The van der Waals surface area contributed by atoms with E-state index < -0.39 is 0 Å². The van der Waals surface area contributed by atoms with Crippen molar-refractivity contribution in [2.45, 2.75) is 206 Å². The summed E-state index contributed by atoms with van der Waals surface area (Å²) in [4.78, 5) is 25.6.